The number of sulfonamides is 1. The van der Waals surface area contributed by atoms with E-state index in [1.807, 2.05) is 12.3 Å². The normalized spacial score (nSPS) is 15.3. The Labute approximate surface area is 131 Å². The van der Waals surface area contributed by atoms with E-state index in [4.69, 9.17) is 0 Å². The highest BCUT2D eigenvalue weighted by atomic mass is 32.2. The van der Waals surface area contributed by atoms with E-state index in [-0.39, 0.29) is 0 Å². The lowest BCUT2D eigenvalue weighted by molar-refractivity contribution is 0.598. The molecule has 114 valence electrons. The first kappa shape index (κ1) is 14.9. The van der Waals surface area contributed by atoms with Gasteiger partial charge in [0.15, 0.2) is 0 Å². The monoisotopic (exact) mass is 344 g/mol. The molecule has 3 rings (SSSR count). The van der Waals surface area contributed by atoms with Crippen LogP contribution in [0.2, 0.25) is 0 Å². The van der Waals surface area contributed by atoms with Gasteiger partial charge in [-0.1, -0.05) is 11.3 Å². The first-order valence-electron chi connectivity index (χ1n) is 6.59. The molecule has 0 atom stereocenters. The molecule has 1 aliphatic rings. The standard InChI is InChI=1S/C12H16N4O2S3/c1-7-6-19-10(5-13-9-3-4-9)11(7)21(17,18)16-12-15-14-8(2)20-12/h6,9,13H,3-5H2,1-2H3,(H,15,16). The third kappa shape index (κ3) is 3.42. The number of anilines is 1. The highest BCUT2D eigenvalue weighted by molar-refractivity contribution is 7.93. The van der Waals surface area contributed by atoms with Crippen LogP contribution in [0.5, 0.6) is 0 Å². The van der Waals surface area contributed by atoms with Crippen molar-refractivity contribution in [2.45, 2.75) is 44.2 Å². The number of thiophene rings is 1. The summed E-state index contributed by atoms with van der Waals surface area (Å²) in [6.07, 6.45) is 2.35. The lowest BCUT2D eigenvalue weighted by Gasteiger charge is -2.08. The van der Waals surface area contributed by atoms with Crippen molar-refractivity contribution >= 4 is 37.8 Å². The Morgan fingerprint density at radius 1 is 1.33 bits per heavy atom. The van der Waals surface area contributed by atoms with Crippen LogP contribution in [0.1, 0.15) is 28.3 Å². The molecule has 0 spiro atoms. The molecule has 0 amide bonds. The van der Waals surface area contributed by atoms with Gasteiger partial charge in [0, 0.05) is 17.5 Å². The predicted octanol–water partition coefficient (Wildman–Crippen LogP) is 2.27. The number of aryl methyl sites for hydroxylation is 2. The van der Waals surface area contributed by atoms with Crippen molar-refractivity contribution in [1.29, 1.82) is 0 Å². The Hall–Kier alpha value is -1.03. The van der Waals surface area contributed by atoms with Crippen molar-refractivity contribution in [3.63, 3.8) is 0 Å². The number of aromatic nitrogens is 2. The minimum atomic E-state index is -3.62. The van der Waals surface area contributed by atoms with E-state index in [2.05, 4.69) is 20.2 Å². The molecule has 2 heterocycles. The zero-order chi connectivity index (χ0) is 15.0. The molecule has 9 heteroatoms. The first-order valence-corrected chi connectivity index (χ1v) is 9.77. The smallest absolute Gasteiger partial charge is 0.265 e. The molecule has 1 saturated carbocycles. The Morgan fingerprint density at radius 2 is 2.10 bits per heavy atom. The SMILES string of the molecule is Cc1nnc(NS(=O)(=O)c2c(C)csc2CNC2CC2)s1. The number of nitrogens with zero attached hydrogens (tertiary/aromatic N) is 2. The zero-order valence-corrected chi connectivity index (χ0v) is 14.2. The maximum Gasteiger partial charge on any atom is 0.265 e. The fourth-order valence-electron chi connectivity index (χ4n) is 2.00. The lowest BCUT2D eigenvalue weighted by atomic mass is 10.3. The van der Waals surface area contributed by atoms with Crippen molar-refractivity contribution < 1.29 is 8.42 Å². The van der Waals surface area contributed by atoms with Crippen LogP contribution in [-0.4, -0.2) is 24.7 Å². The van der Waals surface area contributed by atoms with Gasteiger partial charge in [-0.2, -0.15) is 0 Å². The van der Waals surface area contributed by atoms with E-state index in [0.717, 1.165) is 15.4 Å². The van der Waals surface area contributed by atoms with Gasteiger partial charge in [0.1, 0.15) is 9.90 Å². The highest BCUT2D eigenvalue weighted by Crippen LogP contribution is 2.30. The molecule has 0 unspecified atom stereocenters. The highest BCUT2D eigenvalue weighted by Gasteiger charge is 2.26. The van der Waals surface area contributed by atoms with Gasteiger partial charge in [-0.05, 0) is 37.6 Å². The summed E-state index contributed by atoms with van der Waals surface area (Å²) in [5.74, 6) is 0. The summed E-state index contributed by atoms with van der Waals surface area (Å²) in [7, 11) is -3.62. The molecule has 1 fully saturated rings. The predicted molar refractivity (Wildman–Crippen MR) is 84.4 cm³/mol. The maximum atomic E-state index is 12.6. The lowest BCUT2D eigenvalue weighted by Crippen LogP contribution is -2.19. The third-order valence-electron chi connectivity index (χ3n) is 3.13. The van der Waals surface area contributed by atoms with E-state index < -0.39 is 10.0 Å². The van der Waals surface area contributed by atoms with Crippen LogP contribution in [0.15, 0.2) is 10.3 Å². The van der Waals surface area contributed by atoms with Gasteiger partial charge in [-0.25, -0.2) is 8.42 Å². The van der Waals surface area contributed by atoms with Crippen LogP contribution >= 0.6 is 22.7 Å². The van der Waals surface area contributed by atoms with Crippen molar-refractivity contribution in [3.8, 4) is 0 Å². The van der Waals surface area contributed by atoms with E-state index in [0.29, 0.717) is 22.6 Å². The van der Waals surface area contributed by atoms with Crippen molar-refractivity contribution in [2.24, 2.45) is 0 Å². The average Bonchev–Trinajstić information content (AvgIpc) is 3.04. The molecular formula is C12H16N4O2S3. The van der Waals surface area contributed by atoms with Gasteiger partial charge in [0.2, 0.25) is 5.13 Å². The largest absolute Gasteiger partial charge is 0.309 e. The number of hydrogen-bond acceptors (Lipinski definition) is 7. The second-order valence-corrected chi connectivity index (χ2v) is 8.82. The summed E-state index contributed by atoms with van der Waals surface area (Å²) < 4.78 is 27.7. The van der Waals surface area contributed by atoms with Crippen LogP contribution in [-0.2, 0) is 16.6 Å². The van der Waals surface area contributed by atoms with Crippen molar-refractivity contribution in [3.05, 3.63) is 20.8 Å². The van der Waals surface area contributed by atoms with Crippen molar-refractivity contribution in [1.82, 2.24) is 15.5 Å². The van der Waals surface area contributed by atoms with Crippen LogP contribution < -0.4 is 10.0 Å². The van der Waals surface area contributed by atoms with Crippen LogP contribution in [0, 0.1) is 13.8 Å². The fourth-order valence-corrected chi connectivity index (χ4v) is 5.58. The Morgan fingerprint density at radius 3 is 2.71 bits per heavy atom. The molecule has 0 aliphatic heterocycles. The third-order valence-corrected chi connectivity index (χ3v) is 6.82. The molecular weight excluding hydrogens is 328 g/mol. The fraction of sp³-hybridized carbons (Fsp3) is 0.500. The molecule has 0 radical (unpaired) electrons. The summed E-state index contributed by atoms with van der Waals surface area (Å²) in [5, 5.41) is 13.9. The van der Waals surface area contributed by atoms with E-state index >= 15 is 0 Å². The van der Waals surface area contributed by atoms with Gasteiger partial charge >= 0.3 is 0 Å². The number of nitrogens with one attached hydrogen (secondary N) is 2. The minimum Gasteiger partial charge on any atom is -0.309 e. The molecule has 0 saturated heterocycles. The summed E-state index contributed by atoms with van der Waals surface area (Å²) >= 11 is 2.70. The summed E-state index contributed by atoms with van der Waals surface area (Å²) in [6.45, 7) is 4.20. The summed E-state index contributed by atoms with van der Waals surface area (Å²) in [4.78, 5) is 1.21. The molecule has 21 heavy (non-hydrogen) atoms. The quantitative estimate of drug-likeness (QED) is 0.840. The van der Waals surface area contributed by atoms with Crippen LogP contribution in [0.3, 0.4) is 0 Å². The van der Waals surface area contributed by atoms with Crippen LogP contribution in [0.25, 0.3) is 0 Å². The molecule has 2 N–H and O–H groups in total. The maximum absolute atomic E-state index is 12.6. The molecule has 6 nitrogen and oxygen atoms in total. The molecule has 0 bridgehead atoms. The van der Waals surface area contributed by atoms with Crippen molar-refractivity contribution in [2.75, 3.05) is 4.72 Å². The average molecular weight is 344 g/mol. The molecule has 2 aromatic heterocycles. The Kier molecular flexibility index (Phi) is 4.00. The minimum absolute atomic E-state index is 0.305. The summed E-state index contributed by atoms with van der Waals surface area (Å²) in [5.41, 5.74) is 0.765. The van der Waals surface area contributed by atoms with E-state index in [1.165, 1.54) is 35.5 Å². The summed E-state index contributed by atoms with van der Waals surface area (Å²) in [6, 6.07) is 0.543. The number of rotatable bonds is 6. The molecule has 2 aromatic rings. The van der Waals surface area contributed by atoms with E-state index in [9.17, 15) is 8.42 Å². The van der Waals surface area contributed by atoms with E-state index in [1.54, 1.807) is 6.92 Å². The van der Waals surface area contributed by atoms with Gasteiger partial charge in [-0.15, -0.1) is 21.5 Å². The topological polar surface area (TPSA) is 84.0 Å². The van der Waals surface area contributed by atoms with Crippen LogP contribution in [0.4, 0.5) is 5.13 Å². The van der Waals surface area contributed by atoms with Gasteiger partial charge in [0.05, 0.1) is 0 Å². The Bertz CT molecular complexity index is 746. The van der Waals surface area contributed by atoms with Gasteiger partial charge < -0.3 is 5.32 Å². The first-order chi connectivity index (χ1) is 9.95. The zero-order valence-electron chi connectivity index (χ0n) is 11.7. The Balaban J connectivity index is 1.84. The molecule has 1 aliphatic carbocycles. The van der Waals surface area contributed by atoms with Gasteiger partial charge in [0.25, 0.3) is 10.0 Å². The number of hydrogen-bond donors (Lipinski definition) is 2. The second-order valence-electron chi connectivity index (χ2n) is 5.06. The molecule has 0 aromatic carbocycles. The van der Waals surface area contributed by atoms with Gasteiger partial charge in [-0.3, -0.25) is 4.72 Å². The second kappa shape index (κ2) is 5.64.